The van der Waals surface area contributed by atoms with Gasteiger partial charge >= 0.3 is 12.1 Å². The van der Waals surface area contributed by atoms with Gasteiger partial charge in [-0.3, -0.25) is 4.40 Å². The molecule has 3 heterocycles. The number of rotatable bonds is 2. The van der Waals surface area contributed by atoms with Crippen LogP contribution in [0.3, 0.4) is 0 Å². The highest BCUT2D eigenvalue weighted by molar-refractivity contribution is 6.32. The Balaban J connectivity index is 2.28. The summed E-state index contributed by atoms with van der Waals surface area (Å²) >= 11 is 6.01. The summed E-state index contributed by atoms with van der Waals surface area (Å²) < 4.78 is 50.6. The molecule has 1 aliphatic rings. The van der Waals surface area contributed by atoms with E-state index in [0.717, 1.165) is 17.6 Å². The summed E-state index contributed by atoms with van der Waals surface area (Å²) in [6.07, 6.45) is -0.163. The Morgan fingerprint density at radius 2 is 2.26 bits per heavy atom. The summed E-state index contributed by atoms with van der Waals surface area (Å²) in [4.78, 5) is 15.3. The molecule has 0 saturated carbocycles. The number of hydrogen-bond acceptors (Lipinski definition) is 4. The molecule has 0 aromatic carbocycles. The molecule has 0 amide bonds. The van der Waals surface area contributed by atoms with E-state index in [1.165, 1.54) is 12.5 Å². The van der Waals surface area contributed by atoms with Crippen LogP contribution in [0.5, 0.6) is 0 Å². The third-order valence-corrected chi connectivity index (χ3v) is 3.84. The number of hydrogen-bond donors (Lipinski definition) is 0. The van der Waals surface area contributed by atoms with Crippen LogP contribution in [0.4, 0.5) is 13.2 Å². The van der Waals surface area contributed by atoms with E-state index in [1.807, 2.05) is 0 Å². The molecule has 0 spiro atoms. The smallest absolute Gasteiger partial charge is 0.419 e. The number of ether oxygens (including phenoxy) is 2. The van der Waals surface area contributed by atoms with Gasteiger partial charge in [-0.2, -0.15) is 13.2 Å². The molecule has 0 fully saturated rings. The lowest BCUT2D eigenvalue weighted by Crippen LogP contribution is -2.11. The van der Waals surface area contributed by atoms with Gasteiger partial charge in [-0.15, -0.1) is 0 Å². The number of nitrogens with zero attached hydrogens (tertiary/aromatic N) is 2. The molecule has 0 bridgehead atoms. The van der Waals surface area contributed by atoms with Crippen LogP contribution in [0.1, 0.15) is 27.5 Å². The first-order valence-electron chi connectivity index (χ1n) is 6.48. The van der Waals surface area contributed by atoms with Crippen molar-refractivity contribution in [3.8, 4) is 0 Å². The molecule has 3 rings (SSSR count). The first-order chi connectivity index (χ1) is 10.8. The Morgan fingerprint density at radius 1 is 1.52 bits per heavy atom. The number of carbonyl (C=O) groups is 1. The van der Waals surface area contributed by atoms with E-state index in [2.05, 4.69) is 9.72 Å². The highest BCUT2D eigenvalue weighted by Crippen LogP contribution is 2.37. The minimum Gasteiger partial charge on any atom is -0.501 e. The Bertz CT molecular complexity index is 814. The lowest BCUT2D eigenvalue weighted by atomic mass is 10.0. The first kappa shape index (κ1) is 15.7. The van der Waals surface area contributed by atoms with Crippen LogP contribution >= 0.6 is 11.6 Å². The minimum atomic E-state index is -4.65. The van der Waals surface area contributed by atoms with Gasteiger partial charge < -0.3 is 9.47 Å². The Morgan fingerprint density at radius 3 is 2.83 bits per heavy atom. The SMILES string of the molecule is COC(=O)c1nc2c(C(F)(F)F)cc(C3C=COC3)cn2c1Cl. The molecule has 1 unspecified atom stereocenters. The fourth-order valence-electron chi connectivity index (χ4n) is 2.35. The standard InChI is InChI=1S/C14H10ClF3N2O3/c1-22-13(21)10-11(15)20-5-8(7-2-3-23-6-7)4-9(12(20)19-10)14(16,17)18/h2-5,7H,6H2,1H3. The van der Waals surface area contributed by atoms with E-state index >= 15 is 0 Å². The third kappa shape index (κ3) is 2.63. The fourth-order valence-corrected chi connectivity index (χ4v) is 2.60. The molecule has 1 aliphatic heterocycles. The highest BCUT2D eigenvalue weighted by Gasteiger charge is 2.36. The van der Waals surface area contributed by atoms with Crippen LogP contribution in [-0.4, -0.2) is 29.1 Å². The van der Waals surface area contributed by atoms with Gasteiger partial charge in [0.2, 0.25) is 0 Å². The number of imidazole rings is 1. The largest absolute Gasteiger partial charge is 0.501 e. The van der Waals surface area contributed by atoms with E-state index in [1.54, 1.807) is 6.08 Å². The van der Waals surface area contributed by atoms with Crippen molar-refractivity contribution in [2.75, 3.05) is 13.7 Å². The summed E-state index contributed by atoms with van der Waals surface area (Å²) in [7, 11) is 1.10. The van der Waals surface area contributed by atoms with E-state index in [0.29, 0.717) is 5.56 Å². The zero-order valence-corrected chi connectivity index (χ0v) is 12.5. The van der Waals surface area contributed by atoms with Gasteiger partial charge in [-0.05, 0) is 17.7 Å². The summed E-state index contributed by atoms with van der Waals surface area (Å²) in [5.41, 5.74) is -1.44. The number of methoxy groups -OCH3 is 1. The molecule has 1 atom stereocenters. The Labute approximate surface area is 133 Å². The average molecular weight is 347 g/mol. The zero-order valence-electron chi connectivity index (χ0n) is 11.7. The molecule has 23 heavy (non-hydrogen) atoms. The average Bonchev–Trinajstić information content (AvgIpc) is 3.13. The van der Waals surface area contributed by atoms with Crippen molar-refractivity contribution in [2.24, 2.45) is 0 Å². The predicted octanol–water partition coefficient (Wildman–Crippen LogP) is 3.42. The van der Waals surface area contributed by atoms with Crippen LogP contribution in [0, 0.1) is 0 Å². The topological polar surface area (TPSA) is 52.8 Å². The quantitative estimate of drug-likeness (QED) is 0.782. The van der Waals surface area contributed by atoms with E-state index in [4.69, 9.17) is 16.3 Å². The number of alkyl halides is 3. The molecule has 0 aliphatic carbocycles. The van der Waals surface area contributed by atoms with Gasteiger partial charge in [0.05, 0.1) is 25.5 Å². The number of fused-ring (bicyclic) bond motifs is 1. The summed E-state index contributed by atoms with van der Waals surface area (Å²) in [5.74, 6) is -1.24. The van der Waals surface area contributed by atoms with Crippen molar-refractivity contribution in [3.05, 3.63) is 46.6 Å². The third-order valence-electron chi connectivity index (χ3n) is 3.48. The predicted molar refractivity (Wildman–Crippen MR) is 74.4 cm³/mol. The summed E-state index contributed by atoms with van der Waals surface area (Å²) in [5, 5.41) is -0.234. The second kappa shape index (κ2) is 5.45. The van der Waals surface area contributed by atoms with Crippen molar-refractivity contribution in [1.82, 2.24) is 9.38 Å². The van der Waals surface area contributed by atoms with E-state index < -0.39 is 23.4 Å². The minimum absolute atomic E-state index is 0.234. The highest BCUT2D eigenvalue weighted by atomic mass is 35.5. The van der Waals surface area contributed by atoms with Crippen LogP contribution < -0.4 is 0 Å². The molecule has 2 aromatic heterocycles. The second-order valence-electron chi connectivity index (χ2n) is 4.89. The molecule has 9 heteroatoms. The van der Waals surface area contributed by atoms with Gasteiger partial charge in [0.25, 0.3) is 0 Å². The molecule has 2 aromatic rings. The van der Waals surface area contributed by atoms with Crippen LogP contribution in [0.15, 0.2) is 24.6 Å². The monoisotopic (exact) mass is 346 g/mol. The van der Waals surface area contributed by atoms with Gasteiger partial charge in [0, 0.05) is 12.1 Å². The maximum absolute atomic E-state index is 13.3. The van der Waals surface area contributed by atoms with Crippen molar-refractivity contribution < 1.29 is 27.4 Å². The van der Waals surface area contributed by atoms with Gasteiger partial charge in [-0.1, -0.05) is 11.6 Å². The number of halogens is 4. The molecule has 5 nitrogen and oxygen atoms in total. The van der Waals surface area contributed by atoms with E-state index in [-0.39, 0.29) is 23.4 Å². The molecular formula is C14H10ClF3N2O3. The van der Waals surface area contributed by atoms with Gasteiger partial charge in [0.1, 0.15) is 5.15 Å². The molecule has 122 valence electrons. The lowest BCUT2D eigenvalue weighted by Gasteiger charge is -2.13. The first-order valence-corrected chi connectivity index (χ1v) is 6.86. The second-order valence-corrected chi connectivity index (χ2v) is 5.25. The number of aromatic nitrogens is 2. The van der Waals surface area contributed by atoms with Gasteiger partial charge in [-0.25, -0.2) is 9.78 Å². The maximum Gasteiger partial charge on any atom is 0.419 e. The number of esters is 1. The van der Waals surface area contributed by atoms with Gasteiger partial charge in [0.15, 0.2) is 11.3 Å². The fraction of sp³-hybridized carbons (Fsp3) is 0.286. The summed E-state index contributed by atoms with van der Waals surface area (Å²) in [6, 6.07) is 0.989. The van der Waals surface area contributed by atoms with Crippen LogP contribution in [0.25, 0.3) is 5.65 Å². The van der Waals surface area contributed by atoms with Crippen LogP contribution in [0.2, 0.25) is 5.15 Å². The molecular weight excluding hydrogens is 337 g/mol. The zero-order chi connectivity index (χ0) is 16.8. The Kier molecular flexibility index (Phi) is 3.71. The number of pyridine rings is 1. The molecule has 0 radical (unpaired) electrons. The van der Waals surface area contributed by atoms with E-state index in [9.17, 15) is 18.0 Å². The molecule has 0 saturated heterocycles. The Hall–Kier alpha value is -2.22. The van der Waals surface area contributed by atoms with Crippen molar-refractivity contribution >= 4 is 23.2 Å². The maximum atomic E-state index is 13.3. The normalized spacial score (nSPS) is 17.5. The molecule has 0 N–H and O–H groups in total. The summed E-state index contributed by atoms with van der Waals surface area (Å²) in [6.45, 7) is 0.235. The van der Waals surface area contributed by atoms with Crippen molar-refractivity contribution in [1.29, 1.82) is 0 Å². The number of carbonyl (C=O) groups excluding carboxylic acids is 1. The van der Waals surface area contributed by atoms with Crippen LogP contribution in [-0.2, 0) is 15.7 Å². The lowest BCUT2D eigenvalue weighted by molar-refractivity contribution is -0.136. The van der Waals surface area contributed by atoms with Crippen molar-refractivity contribution in [3.63, 3.8) is 0 Å². The van der Waals surface area contributed by atoms with Crippen molar-refractivity contribution in [2.45, 2.75) is 12.1 Å².